The Hall–Kier alpha value is -2.45. The number of nitrogens with two attached hydrogens (primary N) is 1. The van der Waals surface area contributed by atoms with Crippen molar-refractivity contribution in [3.63, 3.8) is 0 Å². The zero-order valence-electron chi connectivity index (χ0n) is 15.7. The Morgan fingerprint density at radius 1 is 1.00 bits per heavy atom. The molecule has 0 atom stereocenters. The van der Waals surface area contributed by atoms with Crippen LogP contribution in [0.2, 0.25) is 0 Å². The summed E-state index contributed by atoms with van der Waals surface area (Å²) in [6.07, 6.45) is 0. The Morgan fingerprint density at radius 3 is 2.46 bits per heavy atom. The van der Waals surface area contributed by atoms with Crippen LogP contribution in [-0.2, 0) is 19.1 Å². The summed E-state index contributed by atoms with van der Waals surface area (Å²) in [5.74, 6) is -1.11. The Bertz CT molecular complexity index is 871. The van der Waals surface area contributed by atoms with Crippen LogP contribution in [0.25, 0.3) is 0 Å². The zero-order chi connectivity index (χ0) is 20.5. The van der Waals surface area contributed by atoms with E-state index in [0.717, 1.165) is 16.0 Å². The van der Waals surface area contributed by atoms with Crippen LogP contribution in [0, 0.1) is 13.8 Å². The number of ether oxygens (including phenoxy) is 1. The summed E-state index contributed by atoms with van der Waals surface area (Å²) in [4.78, 5) is 36.7. The number of nitrogens with one attached hydrogen (secondary N) is 1. The molecule has 0 aliphatic heterocycles. The Morgan fingerprint density at radius 2 is 1.71 bits per heavy atom. The van der Waals surface area contributed by atoms with Crippen molar-refractivity contribution >= 4 is 47.0 Å². The summed E-state index contributed by atoms with van der Waals surface area (Å²) in [5.41, 5.74) is 7.90. The number of para-hydroxylation sites is 1. The van der Waals surface area contributed by atoms with Gasteiger partial charge in [0.2, 0.25) is 5.91 Å². The second-order valence-corrected chi connectivity index (χ2v) is 8.05. The molecular formula is C20H22N2O4S2. The first-order valence-electron chi connectivity index (χ1n) is 8.51. The molecule has 8 heteroatoms. The Balaban J connectivity index is 1.81. The maximum atomic E-state index is 12.1. The fourth-order valence-electron chi connectivity index (χ4n) is 2.22. The summed E-state index contributed by atoms with van der Waals surface area (Å²) in [7, 11) is 0. The minimum atomic E-state index is -0.461. The molecule has 2 amide bonds. The molecule has 0 spiro atoms. The number of primary amides is 1. The second kappa shape index (κ2) is 10.8. The number of carbonyl (C=O) groups is 3. The lowest BCUT2D eigenvalue weighted by Gasteiger charge is -2.11. The number of hydrogen-bond donors (Lipinski definition) is 2. The molecule has 0 saturated heterocycles. The summed E-state index contributed by atoms with van der Waals surface area (Å²) in [6.45, 7) is 3.60. The summed E-state index contributed by atoms with van der Waals surface area (Å²) in [6, 6.07) is 13.1. The van der Waals surface area contributed by atoms with Gasteiger partial charge < -0.3 is 15.8 Å². The van der Waals surface area contributed by atoms with Gasteiger partial charge in [-0.25, -0.2) is 0 Å². The minimum absolute atomic E-state index is 0.109. The van der Waals surface area contributed by atoms with Gasteiger partial charge in [-0.3, -0.25) is 14.4 Å². The lowest BCUT2D eigenvalue weighted by atomic mass is 10.2. The van der Waals surface area contributed by atoms with Gasteiger partial charge in [0.05, 0.1) is 17.2 Å². The van der Waals surface area contributed by atoms with Crippen LogP contribution in [0.15, 0.2) is 52.3 Å². The molecule has 0 saturated carbocycles. The number of benzene rings is 2. The van der Waals surface area contributed by atoms with Crippen LogP contribution < -0.4 is 11.1 Å². The number of esters is 1. The molecule has 3 N–H and O–H groups in total. The molecule has 0 unspecified atom stereocenters. The predicted octanol–water partition coefficient (Wildman–Crippen LogP) is 3.15. The van der Waals surface area contributed by atoms with E-state index in [2.05, 4.69) is 5.32 Å². The fourth-order valence-corrected chi connectivity index (χ4v) is 3.89. The van der Waals surface area contributed by atoms with E-state index in [-0.39, 0.29) is 18.1 Å². The number of aryl methyl sites for hydroxylation is 2. The number of carbonyl (C=O) groups excluding carboxylic acids is 3. The fraction of sp³-hybridized carbons (Fsp3) is 0.250. The number of amides is 2. The van der Waals surface area contributed by atoms with Gasteiger partial charge in [0.25, 0.3) is 5.91 Å². The molecule has 0 fully saturated rings. The van der Waals surface area contributed by atoms with E-state index in [1.807, 2.05) is 32.0 Å². The van der Waals surface area contributed by atoms with Crippen LogP contribution in [0.1, 0.15) is 11.1 Å². The molecule has 28 heavy (non-hydrogen) atoms. The largest absolute Gasteiger partial charge is 0.455 e. The first-order valence-corrected chi connectivity index (χ1v) is 10.5. The van der Waals surface area contributed by atoms with Crippen molar-refractivity contribution < 1.29 is 19.1 Å². The van der Waals surface area contributed by atoms with Crippen LogP contribution in [-0.4, -0.2) is 35.9 Å². The highest BCUT2D eigenvalue weighted by Crippen LogP contribution is 2.27. The topological polar surface area (TPSA) is 98.5 Å². The van der Waals surface area contributed by atoms with Crippen molar-refractivity contribution in [2.24, 2.45) is 5.73 Å². The second-order valence-electron chi connectivity index (χ2n) is 6.02. The van der Waals surface area contributed by atoms with Gasteiger partial charge in [0.15, 0.2) is 6.61 Å². The van der Waals surface area contributed by atoms with Gasteiger partial charge in [-0.2, -0.15) is 0 Å². The third-order valence-corrected chi connectivity index (χ3v) is 5.81. The number of thioether (sulfide) groups is 2. The summed E-state index contributed by atoms with van der Waals surface area (Å²) in [5, 5.41) is 2.68. The molecule has 0 aliphatic carbocycles. The first kappa shape index (κ1) is 21.8. The van der Waals surface area contributed by atoms with Crippen LogP contribution in [0.5, 0.6) is 0 Å². The third kappa shape index (κ3) is 7.28. The van der Waals surface area contributed by atoms with E-state index in [4.69, 9.17) is 10.5 Å². The highest BCUT2D eigenvalue weighted by molar-refractivity contribution is 8.00. The molecule has 0 aromatic heterocycles. The van der Waals surface area contributed by atoms with Gasteiger partial charge in [0, 0.05) is 9.79 Å². The van der Waals surface area contributed by atoms with Crippen molar-refractivity contribution in [3.05, 3.63) is 53.6 Å². The molecule has 2 aromatic rings. The highest BCUT2D eigenvalue weighted by Gasteiger charge is 2.12. The van der Waals surface area contributed by atoms with Crippen molar-refractivity contribution in [2.45, 2.75) is 23.6 Å². The molecule has 0 bridgehead atoms. The zero-order valence-corrected chi connectivity index (χ0v) is 17.3. The summed E-state index contributed by atoms with van der Waals surface area (Å²) < 4.78 is 5.05. The van der Waals surface area contributed by atoms with E-state index >= 15 is 0 Å². The van der Waals surface area contributed by atoms with Crippen LogP contribution in [0.3, 0.4) is 0 Å². The third-order valence-electron chi connectivity index (χ3n) is 3.58. The lowest BCUT2D eigenvalue weighted by molar-refractivity contribution is -0.144. The van der Waals surface area contributed by atoms with E-state index in [9.17, 15) is 14.4 Å². The monoisotopic (exact) mass is 418 g/mol. The van der Waals surface area contributed by atoms with Gasteiger partial charge in [-0.05, 0) is 37.6 Å². The quantitative estimate of drug-likeness (QED) is 0.479. The number of hydrogen-bond acceptors (Lipinski definition) is 6. The molecule has 0 heterocycles. The predicted molar refractivity (Wildman–Crippen MR) is 113 cm³/mol. The molecule has 2 rings (SSSR count). The van der Waals surface area contributed by atoms with E-state index in [1.54, 1.807) is 24.3 Å². The smallest absolute Gasteiger partial charge is 0.316 e. The van der Waals surface area contributed by atoms with Crippen molar-refractivity contribution in [1.82, 2.24) is 0 Å². The number of anilines is 1. The van der Waals surface area contributed by atoms with Gasteiger partial charge in [-0.15, -0.1) is 23.5 Å². The van der Waals surface area contributed by atoms with Crippen molar-refractivity contribution in [1.29, 1.82) is 0 Å². The van der Waals surface area contributed by atoms with Gasteiger partial charge >= 0.3 is 5.97 Å². The number of rotatable bonds is 9. The highest BCUT2D eigenvalue weighted by atomic mass is 32.2. The average molecular weight is 419 g/mol. The molecule has 148 valence electrons. The molecule has 2 aromatic carbocycles. The van der Waals surface area contributed by atoms with Crippen molar-refractivity contribution in [3.8, 4) is 0 Å². The Kier molecular flexibility index (Phi) is 8.41. The lowest BCUT2D eigenvalue weighted by Crippen LogP contribution is -2.22. The van der Waals surface area contributed by atoms with Crippen LogP contribution in [0.4, 0.5) is 5.69 Å². The standard InChI is InChI=1S/C20H22N2O4S2/c1-13-7-8-14(2)17(9-13)28-12-20(25)26-10-19(24)22-15-5-3-4-6-16(15)27-11-18(21)23/h3-9H,10-12H2,1-2H3,(H2,21,23)(H,22,24). The SMILES string of the molecule is Cc1ccc(C)c(SCC(=O)OCC(=O)Nc2ccccc2SCC(N)=O)c1. The molecular weight excluding hydrogens is 396 g/mol. The van der Waals surface area contributed by atoms with E-state index in [1.165, 1.54) is 23.5 Å². The Labute approximate surface area is 172 Å². The van der Waals surface area contributed by atoms with E-state index < -0.39 is 17.8 Å². The molecule has 0 aliphatic rings. The maximum Gasteiger partial charge on any atom is 0.316 e. The van der Waals surface area contributed by atoms with Gasteiger partial charge in [-0.1, -0.05) is 29.8 Å². The van der Waals surface area contributed by atoms with Crippen LogP contribution >= 0.6 is 23.5 Å². The normalized spacial score (nSPS) is 10.4. The first-order chi connectivity index (χ1) is 13.3. The molecule has 0 radical (unpaired) electrons. The average Bonchev–Trinajstić information content (AvgIpc) is 2.66. The van der Waals surface area contributed by atoms with Gasteiger partial charge in [0.1, 0.15) is 0 Å². The maximum absolute atomic E-state index is 12.1. The molecule has 6 nitrogen and oxygen atoms in total. The van der Waals surface area contributed by atoms with E-state index in [0.29, 0.717) is 10.6 Å². The van der Waals surface area contributed by atoms with Crippen molar-refractivity contribution in [2.75, 3.05) is 23.4 Å². The minimum Gasteiger partial charge on any atom is -0.455 e. The summed E-state index contributed by atoms with van der Waals surface area (Å²) >= 11 is 2.61.